The number of Topliss-reactive ketones (excluding diaryl/α,β-unsaturated/α-hetero) is 1. The van der Waals surface area contributed by atoms with E-state index in [1.807, 2.05) is 0 Å². The summed E-state index contributed by atoms with van der Waals surface area (Å²) >= 11 is 0. The Bertz CT molecular complexity index is 665. The van der Waals surface area contributed by atoms with E-state index in [4.69, 9.17) is 17.5 Å². The van der Waals surface area contributed by atoms with E-state index in [1.54, 1.807) is 0 Å². The third-order valence-electron chi connectivity index (χ3n) is 8.35. The van der Waals surface area contributed by atoms with Crippen LogP contribution in [0, 0.1) is 34.5 Å². The first kappa shape index (κ1) is 23.8. The van der Waals surface area contributed by atoms with Crippen LogP contribution in [0.3, 0.4) is 0 Å². The Hall–Kier alpha value is 0.500. The van der Waals surface area contributed by atoms with Crippen molar-refractivity contribution in [1.82, 2.24) is 0 Å². The number of hydrogen-bond acceptors (Lipinski definition) is 4. The van der Waals surface area contributed by atoms with Gasteiger partial charge in [-0.25, -0.2) is 0 Å². The van der Waals surface area contributed by atoms with Gasteiger partial charge in [-0.2, -0.15) is 8.42 Å². The molecule has 0 radical (unpaired) electrons. The maximum absolute atomic E-state index is 12.4. The molecular weight excluding hydrogens is 379 g/mol. The molecule has 4 fully saturated rings. The molecule has 7 atom stereocenters. The molecule has 0 heterocycles. The van der Waals surface area contributed by atoms with Gasteiger partial charge in [-0.3, -0.25) is 13.9 Å². The van der Waals surface area contributed by atoms with Crippen molar-refractivity contribution in [2.24, 2.45) is 34.5 Å². The Morgan fingerprint density at radius 3 is 2.26 bits per heavy atom. The second-order valence-corrected chi connectivity index (χ2v) is 10.3. The average Bonchev–Trinajstić information content (AvgIpc) is 2.82. The molecule has 152 valence electrons. The van der Waals surface area contributed by atoms with Crippen LogP contribution in [0.4, 0.5) is 0 Å². The molecule has 0 aromatic heterocycles. The molecule has 0 spiro atoms. The van der Waals surface area contributed by atoms with Crippen molar-refractivity contribution in [3.05, 3.63) is 0 Å². The van der Waals surface area contributed by atoms with Crippen molar-refractivity contribution in [3.63, 3.8) is 0 Å². The van der Waals surface area contributed by atoms with Gasteiger partial charge in [0.25, 0.3) is 0 Å². The maximum Gasteiger partial charge on any atom is 1.00 e. The van der Waals surface area contributed by atoms with Crippen molar-refractivity contribution >= 4 is 16.2 Å². The first-order valence-electron chi connectivity index (χ1n) is 9.86. The summed E-state index contributed by atoms with van der Waals surface area (Å²) in [6, 6.07) is 0. The summed E-state index contributed by atoms with van der Waals surface area (Å²) in [5, 5.41) is 10.0. The molecule has 0 aromatic carbocycles. The van der Waals surface area contributed by atoms with Crippen LogP contribution in [-0.4, -0.2) is 34.5 Å². The number of carbonyl (C=O) groups is 1. The van der Waals surface area contributed by atoms with Crippen LogP contribution in [0.5, 0.6) is 0 Å². The number of carbonyl (C=O) groups excluding carboxylic acids is 1. The van der Waals surface area contributed by atoms with E-state index in [2.05, 4.69) is 13.8 Å². The number of aliphatic hydroxyl groups excluding tert-OH is 1. The monoisotopic (exact) mass is 412 g/mol. The summed E-state index contributed by atoms with van der Waals surface area (Å²) in [6.45, 7) is 4.78. The number of aliphatic hydroxyl groups is 1. The van der Waals surface area contributed by atoms with E-state index < -0.39 is 10.4 Å². The minimum absolute atomic E-state index is 0. The zero-order valence-electron chi connectivity index (χ0n) is 17.7. The van der Waals surface area contributed by atoms with Crippen LogP contribution in [0.25, 0.3) is 0 Å². The SMILES string of the molecule is C[C@]12CC[C@@H](O)C[C@@H]1CC[C@@H]1[C@@H]2CC[C@]2(C)C(=O)CC[C@@H]12.O=S(=O)(O)O.[H-].[Na+]. The summed E-state index contributed by atoms with van der Waals surface area (Å²) in [6.07, 6.45) is 10.1. The van der Waals surface area contributed by atoms with Crippen molar-refractivity contribution in [3.8, 4) is 0 Å². The Labute approximate surface area is 186 Å². The smallest absolute Gasteiger partial charge is 1.00 e. The number of ketones is 1. The fourth-order valence-corrected chi connectivity index (χ4v) is 7.01. The van der Waals surface area contributed by atoms with E-state index in [-0.39, 0.29) is 42.5 Å². The molecule has 4 rings (SSSR count). The normalized spacial score (nSPS) is 46.1. The fraction of sp³-hybridized carbons (Fsp3) is 0.947. The molecule has 0 amide bonds. The number of fused-ring (bicyclic) bond motifs is 5. The minimum Gasteiger partial charge on any atom is -1.00 e. The van der Waals surface area contributed by atoms with Crippen LogP contribution in [0.15, 0.2) is 0 Å². The maximum atomic E-state index is 12.4. The molecule has 4 aliphatic carbocycles. The van der Waals surface area contributed by atoms with Gasteiger partial charge in [-0.1, -0.05) is 13.8 Å². The molecule has 0 saturated heterocycles. The third-order valence-corrected chi connectivity index (χ3v) is 8.35. The van der Waals surface area contributed by atoms with Gasteiger partial charge in [0.15, 0.2) is 0 Å². The van der Waals surface area contributed by atoms with Gasteiger partial charge in [0.05, 0.1) is 6.10 Å². The molecule has 0 bridgehead atoms. The fourth-order valence-electron chi connectivity index (χ4n) is 7.01. The average molecular weight is 413 g/mol. The Balaban J connectivity index is 0.000000504. The first-order chi connectivity index (χ1) is 11.9. The second-order valence-electron chi connectivity index (χ2n) is 9.45. The molecule has 4 saturated carbocycles. The summed E-state index contributed by atoms with van der Waals surface area (Å²) < 4.78 is 31.6. The molecule has 0 aromatic rings. The van der Waals surface area contributed by atoms with E-state index in [0.29, 0.717) is 17.1 Å². The van der Waals surface area contributed by atoms with Gasteiger partial charge >= 0.3 is 40.0 Å². The topological polar surface area (TPSA) is 112 Å². The Morgan fingerprint density at radius 2 is 1.63 bits per heavy atom. The summed E-state index contributed by atoms with van der Waals surface area (Å²) in [7, 11) is -4.67. The zero-order valence-corrected chi connectivity index (χ0v) is 19.5. The molecule has 4 aliphatic rings. The van der Waals surface area contributed by atoms with Crippen molar-refractivity contribution in [1.29, 1.82) is 0 Å². The van der Waals surface area contributed by atoms with E-state index in [1.165, 1.54) is 25.7 Å². The van der Waals surface area contributed by atoms with Gasteiger partial charge in [0.2, 0.25) is 0 Å². The van der Waals surface area contributed by atoms with Gasteiger partial charge in [0.1, 0.15) is 5.78 Å². The number of hydrogen-bond donors (Lipinski definition) is 3. The predicted molar refractivity (Wildman–Crippen MR) is 98.0 cm³/mol. The van der Waals surface area contributed by atoms with Crippen LogP contribution < -0.4 is 29.6 Å². The van der Waals surface area contributed by atoms with Crippen LogP contribution in [0.2, 0.25) is 0 Å². The van der Waals surface area contributed by atoms with Crippen molar-refractivity contribution < 1.29 is 58.4 Å². The molecule has 8 heteroatoms. The molecule has 6 nitrogen and oxygen atoms in total. The molecule has 0 aliphatic heterocycles. The Morgan fingerprint density at radius 1 is 1.00 bits per heavy atom. The van der Waals surface area contributed by atoms with Gasteiger partial charge < -0.3 is 6.53 Å². The molecule has 27 heavy (non-hydrogen) atoms. The predicted octanol–water partition coefficient (Wildman–Crippen LogP) is 0.423. The van der Waals surface area contributed by atoms with Gasteiger partial charge in [0, 0.05) is 11.8 Å². The quantitative estimate of drug-likeness (QED) is 0.393. The largest absolute Gasteiger partial charge is 1.00 e. The van der Waals surface area contributed by atoms with E-state index >= 15 is 0 Å². The molecular formula is C19H33NaO6S. The third kappa shape index (κ3) is 4.65. The van der Waals surface area contributed by atoms with Crippen molar-refractivity contribution in [2.75, 3.05) is 0 Å². The summed E-state index contributed by atoms with van der Waals surface area (Å²) in [5.41, 5.74) is 0.452. The first-order valence-corrected chi connectivity index (χ1v) is 11.3. The van der Waals surface area contributed by atoms with Gasteiger partial charge in [-0.15, -0.1) is 0 Å². The summed E-state index contributed by atoms with van der Waals surface area (Å²) in [5.74, 6) is 3.54. The molecule has 0 unspecified atom stereocenters. The van der Waals surface area contributed by atoms with E-state index in [0.717, 1.165) is 49.9 Å². The van der Waals surface area contributed by atoms with Crippen LogP contribution in [0.1, 0.15) is 73.1 Å². The second kappa shape index (κ2) is 8.32. The molecule has 3 N–H and O–H groups in total. The van der Waals surface area contributed by atoms with Crippen LogP contribution >= 0.6 is 0 Å². The Kier molecular flexibility index (Phi) is 7.33. The van der Waals surface area contributed by atoms with Crippen LogP contribution in [-0.2, 0) is 15.2 Å². The van der Waals surface area contributed by atoms with Crippen molar-refractivity contribution in [2.45, 2.75) is 77.7 Å². The standard InChI is InChI=1S/C19H30O2.Na.H2O4S.H/c1-18-9-7-13(20)11-12(18)3-4-14-15-5-6-17(21)19(15,2)10-8-16(14)18;;1-5(2,3)4;/h12-16,20H,3-11H2,1-2H3;;(H2,1,2,3,4);/q;+1;;-1/t12-,13+,14-,15-,16-,18-,19-;;;/m0.../s1. The van der Waals surface area contributed by atoms with E-state index in [9.17, 15) is 9.90 Å². The van der Waals surface area contributed by atoms with Gasteiger partial charge in [-0.05, 0) is 80.5 Å². The minimum atomic E-state index is -4.67. The zero-order chi connectivity index (χ0) is 19.3. The number of rotatable bonds is 0. The summed E-state index contributed by atoms with van der Waals surface area (Å²) in [4.78, 5) is 12.4.